The zero-order chi connectivity index (χ0) is 11.2. The lowest BCUT2D eigenvalue weighted by atomic mass is 10.1. The Morgan fingerprint density at radius 3 is 2.00 bits per heavy atom. The highest BCUT2D eigenvalue weighted by atomic mass is 16.5. The van der Waals surface area contributed by atoms with Crippen molar-refractivity contribution in [3.63, 3.8) is 0 Å². The Labute approximate surface area is 95.2 Å². The molecule has 0 spiro atoms. The minimum absolute atomic E-state index is 0.818. The lowest BCUT2D eigenvalue weighted by Crippen LogP contribution is -1.87. The van der Waals surface area contributed by atoms with Crippen LogP contribution in [0, 0.1) is 0 Å². The van der Waals surface area contributed by atoms with E-state index in [0.29, 0.717) is 0 Å². The van der Waals surface area contributed by atoms with Crippen molar-refractivity contribution in [3.05, 3.63) is 18.6 Å². The van der Waals surface area contributed by atoms with Crippen LogP contribution >= 0.6 is 0 Å². The van der Waals surface area contributed by atoms with E-state index in [1.165, 1.54) is 51.4 Å². The van der Waals surface area contributed by atoms with Crippen LogP contribution in [0.1, 0.15) is 64.7 Å². The van der Waals surface area contributed by atoms with E-state index in [-0.39, 0.29) is 0 Å². The van der Waals surface area contributed by atoms with Gasteiger partial charge < -0.3 is 4.74 Å². The number of ether oxygens (including phenoxy) is 1. The van der Waals surface area contributed by atoms with Gasteiger partial charge in [0.2, 0.25) is 0 Å². The number of unbranched alkanes of at least 4 members (excludes halogenated alkanes) is 8. The Morgan fingerprint density at radius 2 is 1.47 bits per heavy atom. The molecule has 1 heteroatoms. The van der Waals surface area contributed by atoms with Gasteiger partial charge in [0, 0.05) is 0 Å². The molecule has 0 saturated heterocycles. The normalized spacial score (nSPS) is 9.67. The number of rotatable bonds is 11. The molecule has 0 unspecified atom stereocenters. The molecule has 0 saturated carbocycles. The van der Waals surface area contributed by atoms with Crippen molar-refractivity contribution in [2.45, 2.75) is 64.7 Å². The molecule has 0 aromatic heterocycles. The van der Waals surface area contributed by atoms with Gasteiger partial charge >= 0.3 is 0 Å². The van der Waals surface area contributed by atoms with Gasteiger partial charge in [-0.3, -0.25) is 0 Å². The van der Waals surface area contributed by atoms with Crippen molar-refractivity contribution < 1.29 is 4.74 Å². The molecule has 0 radical (unpaired) electrons. The van der Waals surface area contributed by atoms with E-state index < -0.39 is 0 Å². The maximum Gasteiger partial charge on any atom is 0.124 e. The summed E-state index contributed by atoms with van der Waals surface area (Å²) in [7, 11) is 0. The first-order valence-electron chi connectivity index (χ1n) is 6.37. The predicted octanol–water partition coefficient (Wildman–Crippen LogP) is 4.83. The van der Waals surface area contributed by atoms with Crippen LogP contribution in [0.2, 0.25) is 0 Å². The minimum atomic E-state index is 0.818. The Hall–Kier alpha value is -0.680. The highest BCUT2D eigenvalue weighted by molar-refractivity contribution is 4.63. The van der Waals surface area contributed by atoms with Crippen LogP contribution in [0.4, 0.5) is 0 Å². The molecule has 0 aromatic carbocycles. The summed E-state index contributed by atoms with van der Waals surface area (Å²) >= 11 is 0. The molecule has 0 amide bonds. The molecule has 0 aliphatic carbocycles. The standard InChI is InChI=1S/C14H26O/c1-3-5-6-7-8-9-10-11-12-14-15-13-4-2/h13H,2-3,5-12,14H2,1H3. The molecule has 0 atom stereocenters. The maximum atomic E-state index is 5.14. The first-order chi connectivity index (χ1) is 7.41. The fraction of sp³-hybridized carbons (Fsp3) is 0.786. The van der Waals surface area contributed by atoms with E-state index >= 15 is 0 Å². The highest BCUT2D eigenvalue weighted by Gasteiger charge is 1.91. The lowest BCUT2D eigenvalue weighted by molar-refractivity contribution is 0.241. The molecule has 0 aromatic rings. The van der Waals surface area contributed by atoms with Crippen LogP contribution in [0.5, 0.6) is 0 Å². The second-order valence-electron chi connectivity index (χ2n) is 4.02. The summed E-state index contributed by atoms with van der Waals surface area (Å²) in [6.45, 7) is 6.52. The van der Waals surface area contributed by atoms with Gasteiger partial charge in [0.1, 0.15) is 6.26 Å². The van der Waals surface area contributed by atoms with Crippen LogP contribution in [0.15, 0.2) is 18.6 Å². The Balaban J connectivity index is 2.89. The third-order valence-electron chi connectivity index (χ3n) is 2.53. The summed E-state index contributed by atoms with van der Waals surface area (Å²) in [6.07, 6.45) is 13.7. The first-order valence-corrected chi connectivity index (χ1v) is 6.37. The average molecular weight is 210 g/mol. The van der Waals surface area contributed by atoms with Gasteiger partial charge in [0.05, 0.1) is 6.61 Å². The van der Waals surface area contributed by atoms with Crippen molar-refractivity contribution in [1.29, 1.82) is 0 Å². The molecule has 0 aliphatic rings. The lowest BCUT2D eigenvalue weighted by Gasteiger charge is -2.01. The van der Waals surface area contributed by atoms with Crippen LogP contribution < -0.4 is 0 Å². The smallest absolute Gasteiger partial charge is 0.124 e. The van der Waals surface area contributed by atoms with Crippen LogP contribution in [0.25, 0.3) is 0 Å². The first kappa shape index (κ1) is 14.3. The van der Waals surface area contributed by atoms with E-state index in [1.807, 2.05) is 0 Å². The van der Waals surface area contributed by atoms with Crippen molar-refractivity contribution in [1.82, 2.24) is 0 Å². The highest BCUT2D eigenvalue weighted by Crippen LogP contribution is 2.09. The van der Waals surface area contributed by atoms with Gasteiger partial charge in [-0.1, -0.05) is 70.6 Å². The van der Waals surface area contributed by atoms with Crippen molar-refractivity contribution in [2.75, 3.05) is 6.61 Å². The molecule has 0 rings (SSSR count). The maximum absolute atomic E-state index is 5.14. The quantitative estimate of drug-likeness (QED) is 0.269. The van der Waals surface area contributed by atoms with E-state index in [4.69, 9.17) is 4.74 Å². The van der Waals surface area contributed by atoms with E-state index in [2.05, 4.69) is 19.2 Å². The molecule has 0 fully saturated rings. The molecular weight excluding hydrogens is 184 g/mol. The van der Waals surface area contributed by atoms with Crippen molar-refractivity contribution in [2.24, 2.45) is 0 Å². The fourth-order valence-electron chi connectivity index (χ4n) is 1.61. The summed E-state index contributed by atoms with van der Waals surface area (Å²) in [5.41, 5.74) is 2.60. The fourth-order valence-corrected chi connectivity index (χ4v) is 1.61. The minimum Gasteiger partial charge on any atom is -0.493 e. The summed E-state index contributed by atoms with van der Waals surface area (Å²) in [4.78, 5) is 0. The van der Waals surface area contributed by atoms with Gasteiger partial charge in [-0.2, -0.15) is 0 Å². The summed E-state index contributed by atoms with van der Waals surface area (Å²) < 4.78 is 5.14. The van der Waals surface area contributed by atoms with Gasteiger partial charge in [0.15, 0.2) is 0 Å². The van der Waals surface area contributed by atoms with Crippen molar-refractivity contribution in [3.8, 4) is 0 Å². The largest absolute Gasteiger partial charge is 0.493 e. The van der Waals surface area contributed by atoms with Crippen LogP contribution in [-0.4, -0.2) is 6.61 Å². The SMILES string of the molecule is C=C=COCCCCCCCCCCC. The summed E-state index contributed by atoms with van der Waals surface area (Å²) in [5, 5.41) is 0. The summed E-state index contributed by atoms with van der Waals surface area (Å²) in [5.74, 6) is 0. The molecule has 0 N–H and O–H groups in total. The Bertz CT molecular complexity index is 157. The van der Waals surface area contributed by atoms with Gasteiger partial charge in [-0.05, 0) is 6.42 Å². The van der Waals surface area contributed by atoms with Crippen LogP contribution in [0.3, 0.4) is 0 Å². The zero-order valence-corrected chi connectivity index (χ0v) is 10.3. The van der Waals surface area contributed by atoms with E-state index in [9.17, 15) is 0 Å². The number of hydrogen-bond acceptors (Lipinski definition) is 1. The molecule has 0 heterocycles. The third-order valence-corrected chi connectivity index (χ3v) is 2.53. The monoisotopic (exact) mass is 210 g/mol. The number of hydrogen-bond donors (Lipinski definition) is 0. The van der Waals surface area contributed by atoms with Gasteiger partial charge in [0.25, 0.3) is 0 Å². The van der Waals surface area contributed by atoms with Gasteiger partial charge in [-0.25, -0.2) is 0 Å². The molecule has 88 valence electrons. The van der Waals surface area contributed by atoms with E-state index in [1.54, 1.807) is 6.26 Å². The molecule has 0 bridgehead atoms. The van der Waals surface area contributed by atoms with Crippen molar-refractivity contribution >= 4 is 0 Å². The Kier molecular flexibility index (Phi) is 12.7. The van der Waals surface area contributed by atoms with E-state index in [0.717, 1.165) is 13.0 Å². The molecule has 0 aliphatic heterocycles. The van der Waals surface area contributed by atoms with Gasteiger partial charge in [-0.15, -0.1) is 0 Å². The van der Waals surface area contributed by atoms with Crippen LogP contribution in [-0.2, 0) is 4.74 Å². The average Bonchev–Trinajstić information content (AvgIpc) is 2.26. The predicted molar refractivity (Wildman–Crippen MR) is 66.9 cm³/mol. The zero-order valence-electron chi connectivity index (χ0n) is 10.3. The topological polar surface area (TPSA) is 9.23 Å². The second kappa shape index (κ2) is 13.3. The molecular formula is C14H26O. The Morgan fingerprint density at radius 1 is 0.933 bits per heavy atom. The third kappa shape index (κ3) is 13.3. The molecule has 15 heavy (non-hydrogen) atoms. The summed E-state index contributed by atoms with van der Waals surface area (Å²) in [6, 6.07) is 0. The molecule has 1 nitrogen and oxygen atoms in total. The second-order valence-corrected chi connectivity index (χ2v) is 4.02.